The fourth-order valence-electron chi connectivity index (χ4n) is 1.70. The highest BCUT2D eigenvalue weighted by Gasteiger charge is 2.10. The van der Waals surface area contributed by atoms with Crippen LogP contribution in [0.5, 0.6) is 0 Å². The van der Waals surface area contributed by atoms with Crippen molar-refractivity contribution in [2.45, 2.75) is 6.54 Å². The van der Waals surface area contributed by atoms with Crippen LogP contribution in [-0.4, -0.2) is 29.8 Å². The minimum absolute atomic E-state index is 0. The quantitative estimate of drug-likeness (QED) is 0.708. The van der Waals surface area contributed by atoms with Crippen LogP contribution in [0, 0.1) is 0 Å². The van der Waals surface area contributed by atoms with Crippen LogP contribution in [-0.2, 0) is 6.54 Å². The summed E-state index contributed by atoms with van der Waals surface area (Å²) in [5.74, 6) is 0.494. The molecule has 20 heavy (non-hydrogen) atoms. The number of rotatable bonds is 3. The van der Waals surface area contributed by atoms with Gasteiger partial charge in [0.15, 0.2) is 11.5 Å². The van der Waals surface area contributed by atoms with Gasteiger partial charge in [-0.1, -0.05) is 11.3 Å². The van der Waals surface area contributed by atoms with Crippen molar-refractivity contribution < 1.29 is 0 Å². The third kappa shape index (κ3) is 2.33. The van der Waals surface area contributed by atoms with Gasteiger partial charge in [-0.15, -0.1) is 17.5 Å². The summed E-state index contributed by atoms with van der Waals surface area (Å²) < 4.78 is 2.72. The van der Waals surface area contributed by atoms with Crippen molar-refractivity contribution in [3.63, 3.8) is 0 Å². The van der Waals surface area contributed by atoms with Crippen molar-refractivity contribution in [2.24, 2.45) is 5.73 Å². The first-order valence-corrected chi connectivity index (χ1v) is 5.62. The van der Waals surface area contributed by atoms with Gasteiger partial charge in [0.2, 0.25) is 0 Å². The summed E-state index contributed by atoms with van der Waals surface area (Å²) in [6.45, 7) is 0.414. The van der Waals surface area contributed by atoms with Crippen LogP contribution in [0.3, 0.4) is 0 Å². The van der Waals surface area contributed by atoms with Crippen molar-refractivity contribution in [1.29, 1.82) is 0 Å². The van der Waals surface area contributed by atoms with E-state index in [1.807, 2.05) is 6.07 Å². The van der Waals surface area contributed by atoms with Gasteiger partial charge in [-0.2, -0.15) is 4.68 Å². The van der Waals surface area contributed by atoms with Crippen LogP contribution >= 0.6 is 12.4 Å². The molecule has 0 aliphatic heterocycles. The lowest BCUT2D eigenvalue weighted by atomic mass is 10.3. The molecule has 0 aliphatic rings. The fourth-order valence-corrected chi connectivity index (χ4v) is 1.70. The van der Waals surface area contributed by atoms with Crippen LogP contribution < -0.4 is 11.3 Å². The largest absolute Gasteiger partial charge is 0.326 e. The van der Waals surface area contributed by atoms with Gasteiger partial charge in [-0.25, -0.2) is 9.67 Å². The summed E-state index contributed by atoms with van der Waals surface area (Å²) in [5.41, 5.74) is 6.53. The molecule has 0 bridgehead atoms. The lowest BCUT2D eigenvalue weighted by Crippen LogP contribution is -2.19. The fraction of sp³-hybridized carbons (Fsp3) is 0.0909. The van der Waals surface area contributed by atoms with Crippen LogP contribution in [0.25, 0.3) is 11.5 Å². The highest BCUT2D eigenvalue weighted by molar-refractivity contribution is 5.85. The first-order valence-electron chi connectivity index (χ1n) is 5.62. The minimum atomic E-state index is -0.251. The molecule has 3 aromatic rings. The molecule has 0 saturated heterocycles. The van der Waals surface area contributed by atoms with Crippen molar-refractivity contribution >= 4 is 12.4 Å². The molecular formula is C11H12ClN7O. The van der Waals surface area contributed by atoms with Crippen LogP contribution in [0.2, 0.25) is 0 Å². The van der Waals surface area contributed by atoms with Crippen molar-refractivity contribution in [1.82, 2.24) is 29.8 Å². The number of H-pyrrole nitrogens is 1. The number of aromatic nitrogens is 6. The number of nitrogens with zero attached hydrogens (tertiary/aromatic N) is 5. The zero-order valence-corrected chi connectivity index (χ0v) is 11.1. The number of nitrogens with two attached hydrogens (primary N) is 1. The van der Waals surface area contributed by atoms with E-state index in [4.69, 9.17) is 5.73 Å². The van der Waals surface area contributed by atoms with Gasteiger partial charge >= 0.3 is 0 Å². The van der Waals surface area contributed by atoms with Crippen molar-refractivity contribution in [3.8, 4) is 11.5 Å². The van der Waals surface area contributed by atoms with Crippen LogP contribution in [0.15, 0.2) is 41.7 Å². The molecule has 8 nitrogen and oxygen atoms in total. The number of halogens is 1. The van der Waals surface area contributed by atoms with E-state index in [-0.39, 0.29) is 18.0 Å². The Labute approximate surface area is 119 Å². The predicted octanol–water partition coefficient (Wildman–Crippen LogP) is 0.0218. The molecular weight excluding hydrogens is 282 g/mol. The Hall–Kier alpha value is -2.45. The van der Waals surface area contributed by atoms with Crippen molar-refractivity contribution in [2.75, 3.05) is 0 Å². The molecule has 9 heteroatoms. The van der Waals surface area contributed by atoms with Gasteiger partial charge in [0.25, 0.3) is 5.56 Å². The zero-order valence-electron chi connectivity index (χ0n) is 10.3. The molecule has 0 aromatic carbocycles. The van der Waals surface area contributed by atoms with E-state index >= 15 is 0 Å². The molecule has 3 heterocycles. The SMILES string of the molecule is Cl.NCc1ccc(-n2[nH]cc(-n3ccnn3)c2=O)nc1. The van der Waals surface area contributed by atoms with E-state index in [1.165, 1.54) is 15.6 Å². The molecule has 0 radical (unpaired) electrons. The Kier molecular flexibility index (Phi) is 3.97. The summed E-state index contributed by atoms with van der Waals surface area (Å²) in [4.78, 5) is 16.4. The second-order valence-electron chi connectivity index (χ2n) is 3.88. The molecule has 0 aliphatic carbocycles. The summed E-state index contributed by atoms with van der Waals surface area (Å²) in [5, 5.41) is 10.3. The summed E-state index contributed by atoms with van der Waals surface area (Å²) in [7, 11) is 0. The Morgan fingerprint density at radius 1 is 1.35 bits per heavy atom. The first kappa shape index (κ1) is 14.0. The molecule has 3 N–H and O–H groups in total. The number of aromatic amines is 1. The smallest absolute Gasteiger partial charge is 0.298 e. The maximum absolute atomic E-state index is 12.2. The second-order valence-corrected chi connectivity index (χ2v) is 3.88. The Morgan fingerprint density at radius 3 is 2.80 bits per heavy atom. The van der Waals surface area contributed by atoms with E-state index in [0.717, 1.165) is 5.56 Å². The van der Waals surface area contributed by atoms with E-state index < -0.39 is 0 Å². The maximum Gasteiger partial charge on any atom is 0.298 e. The highest BCUT2D eigenvalue weighted by atomic mass is 35.5. The molecule has 104 valence electrons. The van der Waals surface area contributed by atoms with Gasteiger partial charge in [-0.05, 0) is 11.6 Å². The second kappa shape index (κ2) is 5.68. The van der Waals surface area contributed by atoms with E-state index in [9.17, 15) is 4.79 Å². The number of hydrogen-bond donors (Lipinski definition) is 2. The molecule has 0 unspecified atom stereocenters. The highest BCUT2D eigenvalue weighted by Crippen LogP contribution is 2.04. The monoisotopic (exact) mass is 293 g/mol. The van der Waals surface area contributed by atoms with E-state index in [2.05, 4.69) is 20.4 Å². The predicted molar refractivity (Wildman–Crippen MR) is 74.2 cm³/mol. The van der Waals surface area contributed by atoms with Crippen LogP contribution in [0.1, 0.15) is 5.56 Å². The molecule has 3 rings (SSSR count). The molecule has 0 saturated carbocycles. The topological polar surface area (TPSA) is 107 Å². The van der Waals surface area contributed by atoms with Gasteiger partial charge in [0.05, 0.1) is 18.6 Å². The van der Waals surface area contributed by atoms with Gasteiger partial charge < -0.3 is 5.73 Å². The third-order valence-electron chi connectivity index (χ3n) is 2.70. The zero-order chi connectivity index (χ0) is 13.2. The third-order valence-corrected chi connectivity index (χ3v) is 2.70. The summed E-state index contributed by atoms with van der Waals surface area (Å²) in [6.07, 6.45) is 6.29. The molecule has 0 fully saturated rings. The van der Waals surface area contributed by atoms with E-state index in [1.54, 1.807) is 24.7 Å². The van der Waals surface area contributed by atoms with Gasteiger partial charge in [-0.3, -0.25) is 9.89 Å². The molecule has 0 spiro atoms. The van der Waals surface area contributed by atoms with Crippen LogP contribution in [0.4, 0.5) is 0 Å². The van der Waals surface area contributed by atoms with Gasteiger partial charge in [0.1, 0.15) is 0 Å². The number of pyridine rings is 1. The maximum atomic E-state index is 12.2. The standard InChI is InChI=1S/C11H11N7O.ClH/c12-5-8-1-2-10(13-6-8)18-11(19)9(7-15-18)17-4-3-14-16-17;/h1-4,6-7,15H,5,12H2;1H. The number of nitrogens with one attached hydrogen (secondary N) is 1. The average Bonchev–Trinajstić information content (AvgIpc) is 3.08. The first-order chi connectivity index (χ1) is 9.29. The van der Waals surface area contributed by atoms with Crippen molar-refractivity contribution in [3.05, 3.63) is 52.8 Å². The Bertz CT molecular complexity index is 729. The average molecular weight is 294 g/mol. The Morgan fingerprint density at radius 2 is 2.20 bits per heavy atom. The molecule has 3 aromatic heterocycles. The molecule has 0 amide bonds. The van der Waals surface area contributed by atoms with E-state index in [0.29, 0.717) is 18.1 Å². The van der Waals surface area contributed by atoms with Gasteiger partial charge in [0, 0.05) is 12.7 Å². The molecule has 0 atom stereocenters. The lowest BCUT2D eigenvalue weighted by molar-refractivity contribution is 0.785. The number of hydrogen-bond acceptors (Lipinski definition) is 5. The lowest BCUT2D eigenvalue weighted by Gasteiger charge is -2.01. The Balaban J connectivity index is 0.00000147. The normalized spacial score (nSPS) is 10.2. The summed E-state index contributed by atoms with van der Waals surface area (Å²) >= 11 is 0. The summed E-state index contributed by atoms with van der Waals surface area (Å²) in [6, 6.07) is 3.55. The minimum Gasteiger partial charge on any atom is -0.326 e.